The van der Waals surface area contributed by atoms with Crippen LogP contribution in [-0.4, -0.2) is 77.2 Å². The Bertz CT molecular complexity index is 893. The molecule has 0 bridgehead atoms. The molecule has 3 unspecified atom stereocenters. The van der Waals surface area contributed by atoms with E-state index in [0.717, 1.165) is 32.1 Å². The number of carbonyl (C=O) groups is 5. The normalized spacial score (nSPS) is 21.2. The Kier molecular flexibility index (Phi) is 9.64. The van der Waals surface area contributed by atoms with Gasteiger partial charge in [-0.25, -0.2) is 13.6 Å². The molecule has 0 aromatic heterocycles. The van der Waals surface area contributed by atoms with Gasteiger partial charge in [-0.2, -0.15) is 0 Å². The Balaban J connectivity index is 2.38. The number of likely N-dealkylation sites (tertiary alicyclic amines) is 1. The van der Waals surface area contributed by atoms with E-state index in [1.165, 1.54) is 11.9 Å². The average Bonchev–Trinajstić information content (AvgIpc) is 3.16. The van der Waals surface area contributed by atoms with Crippen LogP contribution in [0, 0.1) is 10.8 Å². The van der Waals surface area contributed by atoms with E-state index >= 15 is 0 Å². The number of halogens is 2. The first-order valence-corrected chi connectivity index (χ1v) is 12.7. The number of alkyl halides is 2. The molecule has 1 spiro atoms. The number of hydrogen-bond acceptors (Lipinski definition) is 5. The van der Waals surface area contributed by atoms with Crippen molar-refractivity contribution in [2.45, 2.75) is 103 Å². The number of Topliss-reactive ketones (excluding diaryl/α,β-unsaturated/α-hetero) is 1. The fraction of sp³-hybridized carbons (Fsp3) is 0.800. The quantitative estimate of drug-likeness (QED) is 0.337. The molecule has 210 valence electrons. The molecule has 0 aromatic rings. The third-order valence-corrected chi connectivity index (χ3v) is 7.34. The first-order valence-electron chi connectivity index (χ1n) is 12.7. The zero-order valence-corrected chi connectivity index (χ0v) is 22.3. The molecule has 3 atom stereocenters. The van der Waals surface area contributed by atoms with Crippen molar-refractivity contribution in [1.82, 2.24) is 20.9 Å². The van der Waals surface area contributed by atoms with Crippen molar-refractivity contribution in [3.63, 3.8) is 0 Å². The predicted octanol–water partition coefficient (Wildman–Crippen LogP) is 2.46. The summed E-state index contributed by atoms with van der Waals surface area (Å²) in [6.45, 7) is 6.05. The van der Waals surface area contributed by atoms with Gasteiger partial charge in [-0.3, -0.25) is 19.2 Å². The van der Waals surface area contributed by atoms with Gasteiger partial charge in [0.25, 0.3) is 5.91 Å². The molecular weight excluding hydrogens is 490 g/mol. The number of amides is 4. The summed E-state index contributed by atoms with van der Waals surface area (Å²) >= 11 is 0. The van der Waals surface area contributed by atoms with Crippen LogP contribution >= 0.6 is 0 Å². The standard InChI is InChI=1S/C25H40F2N4O6/c1-23(2,3)18(30-22(36)37)21(35)31-14-25(10-7-6-8-11-25)13-16(31)19(33)29-15(9-12-24(4,26)27)17(32)20(34)28-5/h15-16,18,30H,6-14H2,1-5H3,(H,28,34)(H,29,33)(H,36,37). The molecule has 2 aliphatic rings. The van der Waals surface area contributed by atoms with Crippen LogP contribution in [0.3, 0.4) is 0 Å². The van der Waals surface area contributed by atoms with E-state index in [1.54, 1.807) is 20.8 Å². The number of hydrogen-bond donors (Lipinski definition) is 4. The van der Waals surface area contributed by atoms with E-state index in [-0.39, 0.29) is 12.0 Å². The molecule has 4 N–H and O–H groups in total. The molecule has 0 aromatic carbocycles. The molecule has 37 heavy (non-hydrogen) atoms. The van der Waals surface area contributed by atoms with Crippen LogP contribution in [0.15, 0.2) is 0 Å². The fourth-order valence-electron chi connectivity index (χ4n) is 5.34. The smallest absolute Gasteiger partial charge is 0.405 e. The van der Waals surface area contributed by atoms with Crippen LogP contribution in [0.25, 0.3) is 0 Å². The van der Waals surface area contributed by atoms with Crippen molar-refractivity contribution in [2.24, 2.45) is 10.8 Å². The first kappa shape index (κ1) is 30.4. The van der Waals surface area contributed by atoms with E-state index in [0.29, 0.717) is 13.3 Å². The summed E-state index contributed by atoms with van der Waals surface area (Å²) in [5.74, 6) is -6.47. The first-order chi connectivity index (χ1) is 17.0. The van der Waals surface area contributed by atoms with Crippen LogP contribution in [0.4, 0.5) is 13.6 Å². The van der Waals surface area contributed by atoms with Crippen molar-refractivity contribution in [1.29, 1.82) is 0 Å². The van der Waals surface area contributed by atoms with Gasteiger partial charge in [0.05, 0.1) is 6.04 Å². The number of likely N-dealkylation sites (N-methyl/N-ethyl adjacent to an activating group) is 1. The summed E-state index contributed by atoms with van der Waals surface area (Å²) in [6, 6.07) is -3.66. The van der Waals surface area contributed by atoms with Crippen molar-refractivity contribution < 1.29 is 37.9 Å². The summed E-state index contributed by atoms with van der Waals surface area (Å²) < 4.78 is 27.1. The van der Waals surface area contributed by atoms with Crippen molar-refractivity contribution in [3.05, 3.63) is 0 Å². The van der Waals surface area contributed by atoms with Crippen LogP contribution in [0.1, 0.15) is 79.1 Å². The van der Waals surface area contributed by atoms with E-state index in [4.69, 9.17) is 0 Å². The lowest BCUT2D eigenvalue weighted by Gasteiger charge is -2.36. The molecule has 4 amide bonds. The highest BCUT2D eigenvalue weighted by Crippen LogP contribution is 2.47. The summed E-state index contributed by atoms with van der Waals surface area (Å²) in [5, 5.41) is 16.2. The van der Waals surface area contributed by atoms with Crippen molar-refractivity contribution in [2.75, 3.05) is 13.6 Å². The van der Waals surface area contributed by atoms with E-state index in [9.17, 15) is 37.9 Å². The van der Waals surface area contributed by atoms with Crippen molar-refractivity contribution >= 4 is 29.6 Å². The second-order valence-electron chi connectivity index (χ2n) is 11.6. The molecule has 1 heterocycles. The molecule has 0 radical (unpaired) electrons. The Morgan fingerprint density at radius 2 is 1.62 bits per heavy atom. The van der Waals surface area contributed by atoms with E-state index in [2.05, 4.69) is 16.0 Å². The summed E-state index contributed by atoms with van der Waals surface area (Å²) in [7, 11) is 1.22. The zero-order valence-electron chi connectivity index (χ0n) is 22.3. The minimum absolute atomic E-state index is 0.249. The third kappa shape index (κ3) is 8.10. The average molecular weight is 531 g/mol. The largest absolute Gasteiger partial charge is 0.465 e. The van der Waals surface area contributed by atoms with Gasteiger partial charge in [0.15, 0.2) is 0 Å². The Hall–Kier alpha value is -2.79. The van der Waals surface area contributed by atoms with Crippen LogP contribution in [0.5, 0.6) is 0 Å². The van der Waals surface area contributed by atoms with Crippen LogP contribution in [-0.2, 0) is 19.2 Å². The van der Waals surface area contributed by atoms with Gasteiger partial charge in [0.2, 0.25) is 23.5 Å². The number of nitrogens with zero attached hydrogens (tertiary/aromatic N) is 1. The lowest BCUT2D eigenvalue weighted by Crippen LogP contribution is -2.59. The van der Waals surface area contributed by atoms with E-state index < -0.39 is 71.9 Å². The highest BCUT2D eigenvalue weighted by atomic mass is 19.3. The lowest BCUT2D eigenvalue weighted by molar-refractivity contribution is -0.144. The number of ketones is 1. The highest BCUT2D eigenvalue weighted by Gasteiger charge is 2.51. The minimum atomic E-state index is -3.12. The lowest BCUT2D eigenvalue weighted by atomic mass is 9.72. The maximum atomic E-state index is 13.7. The highest BCUT2D eigenvalue weighted by molar-refractivity contribution is 6.38. The summed E-state index contributed by atoms with van der Waals surface area (Å²) in [6.07, 6.45) is 2.20. The van der Waals surface area contributed by atoms with Gasteiger partial charge in [-0.1, -0.05) is 40.0 Å². The molecule has 12 heteroatoms. The fourth-order valence-corrected chi connectivity index (χ4v) is 5.34. The second kappa shape index (κ2) is 11.7. The predicted molar refractivity (Wildman–Crippen MR) is 131 cm³/mol. The van der Waals surface area contributed by atoms with Gasteiger partial charge >= 0.3 is 6.09 Å². The molecule has 2 fully saturated rings. The Morgan fingerprint density at radius 1 is 1.03 bits per heavy atom. The minimum Gasteiger partial charge on any atom is -0.465 e. The maximum absolute atomic E-state index is 13.7. The van der Waals surface area contributed by atoms with Crippen LogP contribution < -0.4 is 16.0 Å². The molecule has 1 saturated heterocycles. The topological polar surface area (TPSA) is 145 Å². The van der Waals surface area contributed by atoms with E-state index in [1.807, 2.05) is 0 Å². The number of carbonyl (C=O) groups excluding carboxylic acids is 4. The molecule has 10 nitrogen and oxygen atoms in total. The molecule has 1 saturated carbocycles. The number of nitrogens with one attached hydrogen (secondary N) is 3. The Morgan fingerprint density at radius 3 is 2.11 bits per heavy atom. The third-order valence-electron chi connectivity index (χ3n) is 7.34. The summed E-state index contributed by atoms with van der Waals surface area (Å²) in [4.78, 5) is 64.6. The van der Waals surface area contributed by atoms with Gasteiger partial charge < -0.3 is 26.0 Å². The van der Waals surface area contributed by atoms with Gasteiger partial charge in [0.1, 0.15) is 12.1 Å². The number of rotatable bonds is 9. The molecule has 1 aliphatic carbocycles. The van der Waals surface area contributed by atoms with Gasteiger partial charge in [0, 0.05) is 20.0 Å². The van der Waals surface area contributed by atoms with Crippen LogP contribution in [0.2, 0.25) is 0 Å². The van der Waals surface area contributed by atoms with Crippen molar-refractivity contribution in [3.8, 4) is 0 Å². The molecule has 2 rings (SSSR count). The van der Waals surface area contributed by atoms with Gasteiger partial charge in [-0.15, -0.1) is 0 Å². The summed E-state index contributed by atoms with van der Waals surface area (Å²) in [5.41, 5.74) is -1.14. The maximum Gasteiger partial charge on any atom is 0.405 e. The SMILES string of the molecule is CNC(=O)C(=O)C(CCC(C)(F)F)NC(=O)C1CC2(CCCCC2)CN1C(=O)C(NC(=O)O)C(C)(C)C. The monoisotopic (exact) mass is 530 g/mol. The molecule has 1 aliphatic heterocycles. The second-order valence-corrected chi connectivity index (χ2v) is 11.6. The zero-order chi connectivity index (χ0) is 28.2. The van der Waals surface area contributed by atoms with Gasteiger partial charge in [-0.05, 0) is 43.4 Å². The molecular formula is C25H40F2N4O6. The Labute approximate surface area is 216 Å². The number of carboxylic acid groups (broad SMARTS) is 1.